The van der Waals surface area contributed by atoms with Crippen LogP contribution in [0.3, 0.4) is 0 Å². The monoisotopic (exact) mass is 293 g/mol. The van der Waals surface area contributed by atoms with Crippen LogP contribution in [0.1, 0.15) is 12.2 Å². The highest BCUT2D eigenvalue weighted by atomic mass is 79.9. The Bertz CT molecular complexity index is 440. The van der Waals surface area contributed by atoms with Crippen molar-refractivity contribution in [3.05, 3.63) is 22.6 Å². The fourth-order valence-electron chi connectivity index (χ4n) is 1.65. The van der Waals surface area contributed by atoms with Gasteiger partial charge < -0.3 is 9.73 Å². The molecule has 1 aliphatic heterocycles. The Balaban J connectivity index is 1.85. The van der Waals surface area contributed by atoms with Gasteiger partial charge >= 0.3 is 0 Å². The maximum absolute atomic E-state index is 11.2. The first-order valence-corrected chi connectivity index (χ1v) is 7.35. The molecule has 1 aliphatic rings. The molecule has 1 saturated heterocycles. The molecule has 1 aromatic rings. The summed E-state index contributed by atoms with van der Waals surface area (Å²) in [5.41, 5.74) is 0. The van der Waals surface area contributed by atoms with Crippen LogP contribution in [0.15, 0.2) is 21.2 Å². The zero-order valence-electron chi connectivity index (χ0n) is 8.07. The molecule has 2 heterocycles. The Kier molecular flexibility index (Phi) is 3.18. The van der Waals surface area contributed by atoms with Crippen LogP contribution in [0, 0.1) is 0 Å². The number of hydrogen-bond donors (Lipinski definition) is 1. The Morgan fingerprint density at radius 1 is 1.53 bits per heavy atom. The first-order chi connectivity index (χ1) is 7.05. The van der Waals surface area contributed by atoms with Crippen LogP contribution < -0.4 is 5.32 Å². The molecule has 0 radical (unpaired) electrons. The second-order valence-electron chi connectivity index (χ2n) is 3.69. The van der Waals surface area contributed by atoms with Crippen molar-refractivity contribution in [2.45, 2.75) is 19.0 Å². The molecule has 4 nitrogen and oxygen atoms in total. The second kappa shape index (κ2) is 4.27. The predicted octanol–water partition coefficient (Wildman–Crippen LogP) is 1.32. The van der Waals surface area contributed by atoms with E-state index in [-0.39, 0.29) is 11.8 Å². The van der Waals surface area contributed by atoms with Gasteiger partial charge in [-0.2, -0.15) is 0 Å². The first kappa shape index (κ1) is 11.2. The summed E-state index contributed by atoms with van der Waals surface area (Å²) in [6.07, 6.45) is 0.699. The van der Waals surface area contributed by atoms with Gasteiger partial charge in [-0.1, -0.05) is 0 Å². The van der Waals surface area contributed by atoms with E-state index in [9.17, 15) is 8.42 Å². The van der Waals surface area contributed by atoms with Crippen molar-refractivity contribution in [1.82, 2.24) is 5.32 Å². The number of furan rings is 1. The molecule has 1 atom stereocenters. The lowest BCUT2D eigenvalue weighted by molar-refractivity contribution is 0.444. The first-order valence-electron chi connectivity index (χ1n) is 4.73. The Labute approximate surface area is 97.1 Å². The highest BCUT2D eigenvalue weighted by Crippen LogP contribution is 2.15. The van der Waals surface area contributed by atoms with Crippen LogP contribution >= 0.6 is 15.9 Å². The molecule has 1 fully saturated rings. The smallest absolute Gasteiger partial charge is 0.169 e. The Hall–Kier alpha value is -0.330. The van der Waals surface area contributed by atoms with Crippen molar-refractivity contribution in [2.75, 3.05) is 11.5 Å². The minimum absolute atomic E-state index is 0.0684. The van der Waals surface area contributed by atoms with Gasteiger partial charge in [0.25, 0.3) is 0 Å². The van der Waals surface area contributed by atoms with Gasteiger partial charge in [0, 0.05) is 6.04 Å². The van der Waals surface area contributed by atoms with Crippen LogP contribution in [0.4, 0.5) is 0 Å². The molecule has 2 rings (SSSR count). The molecule has 1 unspecified atom stereocenters. The van der Waals surface area contributed by atoms with Gasteiger partial charge in [0.05, 0.1) is 18.1 Å². The molecule has 0 aliphatic carbocycles. The maximum atomic E-state index is 11.2. The third-order valence-electron chi connectivity index (χ3n) is 2.43. The van der Waals surface area contributed by atoms with Gasteiger partial charge in [-0.15, -0.1) is 0 Å². The van der Waals surface area contributed by atoms with Crippen molar-refractivity contribution in [1.29, 1.82) is 0 Å². The summed E-state index contributed by atoms with van der Waals surface area (Å²) in [5, 5.41) is 3.17. The lowest BCUT2D eigenvalue weighted by Crippen LogP contribution is -2.29. The second-order valence-corrected chi connectivity index (χ2v) is 6.70. The maximum Gasteiger partial charge on any atom is 0.169 e. The summed E-state index contributed by atoms with van der Waals surface area (Å²) >= 11 is 3.21. The highest BCUT2D eigenvalue weighted by molar-refractivity contribution is 9.10. The Morgan fingerprint density at radius 3 is 2.87 bits per heavy atom. The summed E-state index contributed by atoms with van der Waals surface area (Å²) in [7, 11) is -2.80. The van der Waals surface area contributed by atoms with Crippen LogP contribution in [0.5, 0.6) is 0 Å². The molecule has 0 aromatic carbocycles. The van der Waals surface area contributed by atoms with Crippen molar-refractivity contribution < 1.29 is 12.8 Å². The van der Waals surface area contributed by atoms with E-state index >= 15 is 0 Å². The Morgan fingerprint density at radius 2 is 2.33 bits per heavy atom. The molecule has 1 aromatic heterocycles. The lowest BCUT2D eigenvalue weighted by Gasteiger charge is -2.08. The highest BCUT2D eigenvalue weighted by Gasteiger charge is 2.27. The molecule has 6 heteroatoms. The molecule has 0 spiro atoms. The zero-order chi connectivity index (χ0) is 10.9. The van der Waals surface area contributed by atoms with Crippen LogP contribution in [-0.4, -0.2) is 26.0 Å². The summed E-state index contributed by atoms with van der Waals surface area (Å²) in [5.74, 6) is 1.35. The van der Waals surface area contributed by atoms with E-state index in [0.29, 0.717) is 23.4 Å². The van der Waals surface area contributed by atoms with Crippen LogP contribution in [0.25, 0.3) is 0 Å². The average molecular weight is 294 g/mol. The number of sulfone groups is 1. The third kappa shape index (κ3) is 3.06. The molecule has 15 heavy (non-hydrogen) atoms. The average Bonchev–Trinajstić information content (AvgIpc) is 2.69. The van der Waals surface area contributed by atoms with Crippen molar-refractivity contribution >= 4 is 25.8 Å². The van der Waals surface area contributed by atoms with Crippen molar-refractivity contribution in [3.8, 4) is 0 Å². The number of nitrogens with one attached hydrogen (secondary N) is 1. The van der Waals surface area contributed by atoms with Gasteiger partial charge in [0.1, 0.15) is 5.76 Å². The van der Waals surface area contributed by atoms with E-state index in [0.717, 1.165) is 5.76 Å². The number of halogens is 1. The quantitative estimate of drug-likeness (QED) is 0.913. The summed E-state index contributed by atoms with van der Waals surface area (Å²) in [6.45, 7) is 0.575. The molecule has 84 valence electrons. The van der Waals surface area contributed by atoms with E-state index in [1.165, 1.54) is 0 Å². The van der Waals surface area contributed by atoms with E-state index in [1.54, 1.807) is 0 Å². The summed E-state index contributed by atoms with van der Waals surface area (Å²) < 4.78 is 28.4. The largest absolute Gasteiger partial charge is 0.453 e. The van der Waals surface area contributed by atoms with E-state index in [4.69, 9.17) is 4.42 Å². The van der Waals surface area contributed by atoms with Gasteiger partial charge in [0.2, 0.25) is 0 Å². The fourth-order valence-corrected chi connectivity index (χ4v) is 3.70. The third-order valence-corrected chi connectivity index (χ3v) is 4.62. The zero-order valence-corrected chi connectivity index (χ0v) is 10.5. The predicted molar refractivity (Wildman–Crippen MR) is 60.3 cm³/mol. The normalized spacial score (nSPS) is 24.5. The molecule has 0 saturated carbocycles. The van der Waals surface area contributed by atoms with Crippen LogP contribution in [-0.2, 0) is 16.4 Å². The van der Waals surface area contributed by atoms with Crippen molar-refractivity contribution in [2.24, 2.45) is 0 Å². The van der Waals surface area contributed by atoms with Gasteiger partial charge in [-0.05, 0) is 34.5 Å². The number of rotatable bonds is 3. The lowest BCUT2D eigenvalue weighted by atomic mass is 10.2. The summed E-state index contributed by atoms with van der Waals surface area (Å²) in [4.78, 5) is 0. The van der Waals surface area contributed by atoms with Gasteiger partial charge in [-0.25, -0.2) is 8.42 Å². The molecule has 0 bridgehead atoms. The fraction of sp³-hybridized carbons (Fsp3) is 0.556. The van der Waals surface area contributed by atoms with E-state index in [1.807, 2.05) is 12.1 Å². The standard InChI is InChI=1S/C9H12BrNO3S/c10-9-2-1-8(14-9)5-11-7-3-4-15(12,13)6-7/h1-2,7,11H,3-6H2. The molecular weight excluding hydrogens is 282 g/mol. The molecular formula is C9H12BrNO3S. The minimum Gasteiger partial charge on any atom is -0.453 e. The van der Waals surface area contributed by atoms with Gasteiger partial charge in [-0.3, -0.25) is 0 Å². The topological polar surface area (TPSA) is 59.3 Å². The number of hydrogen-bond acceptors (Lipinski definition) is 4. The summed E-state index contributed by atoms with van der Waals surface area (Å²) in [6, 6.07) is 3.75. The SMILES string of the molecule is O=S1(=O)CCC(NCc2ccc(Br)o2)C1. The molecule has 1 N–H and O–H groups in total. The molecule has 0 amide bonds. The minimum atomic E-state index is -2.80. The van der Waals surface area contributed by atoms with Crippen molar-refractivity contribution in [3.63, 3.8) is 0 Å². The van der Waals surface area contributed by atoms with E-state index in [2.05, 4.69) is 21.2 Å². The van der Waals surface area contributed by atoms with Gasteiger partial charge in [0.15, 0.2) is 14.5 Å². The van der Waals surface area contributed by atoms with E-state index < -0.39 is 9.84 Å². The van der Waals surface area contributed by atoms with Crippen LogP contribution in [0.2, 0.25) is 0 Å².